The maximum atomic E-state index is 12.6. The van der Waals surface area contributed by atoms with Crippen molar-refractivity contribution in [1.29, 1.82) is 0 Å². The first-order valence-electron chi connectivity index (χ1n) is 7.87. The van der Waals surface area contributed by atoms with Crippen LogP contribution in [0.3, 0.4) is 0 Å². The highest BCUT2D eigenvalue weighted by Gasteiger charge is 2.31. The van der Waals surface area contributed by atoms with Crippen LogP contribution < -0.4 is 10.5 Å². The van der Waals surface area contributed by atoms with E-state index in [1.807, 2.05) is 14.1 Å². The van der Waals surface area contributed by atoms with Gasteiger partial charge in [-0.05, 0) is 13.3 Å². The number of H-pyrrole nitrogens is 1. The number of likely N-dealkylation sites (tertiary alicyclic amines) is 1. The van der Waals surface area contributed by atoms with Crippen molar-refractivity contribution >= 4 is 11.9 Å². The number of amides is 1. The zero-order chi connectivity index (χ0) is 17.4. The van der Waals surface area contributed by atoms with Crippen molar-refractivity contribution in [1.82, 2.24) is 19.9 Å². The average molecular weight is 331 g/mol. The van der Waals surface area contributed by atoms with Gasteiger partial charge in [0.2, 0.25) is 11.7 Å². The third-order valence-corrected chi connectivity index (χ3v) is 4.16. The molecule has 1 amide bonds. The van der Waals surface area contributed by atoms with Crippen molar-refractivity contribution in [3.05, 3.63) is 39.5 Å². The molecule has 0 radical (unpaired) electrons. The fourth-order valence-corrected chi connectivity index (χ4v) is 2.94. The lowest BCUT2D eigenvalue weighted by atomic mass is 10.1. The van der Waals surface area contributed by atoms with Gasteiger partial charge in [0.05, 0.1) is 11.4 Å². The quantitative estimate of drug-likeness (QED) is 0.904. The second kappa shape index (κ2) is 6.10. The van der Waals surface area contributed by atoms with Crippen molar-refractivity contribution < 1.29 is 9.21 Å². The first-order chi connectivity index (χ1) is 11.3. The fourth-order valence-electron chi connectivity index (χ4n) is 2.94. The Hall–Kier alpha value is -2.64. The highest BCUT2D eigenvalue weighted by atomic mass is 16.4. The van der Waals surface area contributed by atoms with E-state index in [2.05, 4.69) is 15.0 Å². The second-order valence-corrected chi connectivity index (χ2v) is 6.27. The van der Waals surface area contributed by atoms with Gasteiger partial charge >= 0.3 is 0 Å². The summed E-state index contributed by atoms with van der Waals surface area (Å²) in [4.78, 5) is 39.3. The molecule has 0 saturated carbocycles. The molecule has 0 aromatic carbocycles. The van der Waals surface area contributed by atoms with E-state index in [4.69, 9.17) is 4.42 Å². The van der Waals surface area contributed by atoms with Crippen LogP contribution in [-0.2, 0) is 0 Å². The number of oxazole rings is 1. The lowest BCUT2D eigenvalue weighted by molar-refractivity contribution is 0.0756. The summed E-state index contributed by atoms with van der Waals surface area (Å²) in [6.45, 7) is 4.61. The van der Waals surface area contributed by atoms with E-state index in [0.717, 1.165) is 6.42 Å². The van der Waals surface area contributed by atoms with Crippen molar-refractivity contribution in [3.63, 3.8) is 0 Å². The van der Waals surface area contributed by atoms with Gasteiger partial charge < -0.3 is 14.2 Å². The topological polar surface area (TPSA) is 95.3 Å². The van der Waals surface area contributed by atoms with Crippen LogP contribution in [-0.4, -0.2) is 52.9 Å². The van der Waals surface area contributed by atoms with Gasteiger partial charge in [-0.1, -0.05) is 0 Å². The molecule has 8 heteroatoms. The van der Waals surface area contributed by atoms with Gasteiger partial charge in [-0.3, -0.25) is 14.6 Å². The number of aryl methyl sites for hydroxylation is 2. The van der Waals surface area contributed by atoms with Gasteiger partial charge in [0.15, 0.2) is 5.89 Å². The number of hydrogen-bond acceptors (Lipinski definition) is 6. The largest absolute Gasteiger partial charge is 0.436 e. The minimum Gasteiger partial charge on any atom is -0.436 e. The van der Waals surface area contributed by atoms with Crippen LogP contribution in [0, 0.1) is 13.8 Å². The molecule has 1 N–H and O–H groups in total. The monoisotopic (exact) mass is 331 g/mol. The summed E-state index contributed by atoms with van der Waals surface area (Å²) in [5, 5.41) is 0. The molecule has 2 aromatic heterocycles. The van der Waals surface area contributed by atoms with Gasteiger partial charge in [-0.25, -0.2) is 9.97 Å². The van der Waals surface area contributed by atoms with Gasteiger partial charge in [-0.2, -0.15) is 0 Å². The Balaban J connectivity index is 1.79. The van der Waals surface area contributed by atoms with E-state index in [1.165, 1.54) is 6.07 Å². The zero-order valence-corrected chi connectivity index (χ0v) is 14.3. The normalized spacial score (nSPS) is 17.3. The number of carbonyl (C=O) groups is 1. The first kappa shape index (κ1) is 16.2. The Labute approximate surface area is 139 Å². The van der Waals surface area contributed by atoms with Crippen LogP contribution in [0.15, 0.2) is 15.3 Å². The smallest absolute Gasteiger partial charge is 0.291 e. The number of aromatic nitrogens is 3. The molecule has 2 aromatic rings. The minimum absolute atomic E-state index is 0.0410. The van der Waals surface area contributed by atoms with Crippen LogP contribution in [0.25, 0.3) is 0 Å². The number of hydrogen-bond donors (Lipinski definition) is 1. The molecule has 128 valence electrons. The van der Waals surface area contributed by atoms with Crippen LogP contribution >= 0.6 is 0 Å². The van der Waals surface area contributed by atoms with Crippen molar-refractivity contribution in [3.8, 4) is 0 Å². The number of aromatic amines is 1. The summed E-state index contributed by atoms with van der Waals surface area (Å²) in [5.74, 6) is 1.18. The van der Waals surface area contributed by atoms with E-state index in [9.17, 15) is 9.59 Å². The van der Waals surface area contributed by atoms with Crippen LogP contribution in [0.2, 0.25) is 0 Å². The summed E-state index contributed by atoms with van der Waals surface area (Å²) in [6.07, 6.45) is 0.765. The molecule has 1 saturated heterocycles. The molecule has 1 aliphatic rings. The molecule has 3 rings (SSSR count). The van der Waals surface area contributed by atoms with E-state index in [-0.39, 0.29) is 17.4 Å². The molecular weight excluding hydrogens is 310 g/mol. The molecular formula is C16H21N5O3. The molecule has 1 aliphatic heterocycles. The van der Waals surface area contributed by atoms with Crippen LogP contribution in [0.5, 0.6) is 0 Å². The van der Waals surface area contributed by atoms with E-state index in [1.54, 1.807) is 23.6 Å². The van der Waals surface area contributed by atoms with Crippen molar-refractivity contribution in [2.45, 2.75) is 26.2 Å². The molecule has 0 spiro atoms. The number of rotatable bonds is 3. The van der Waals surface area contributed by atoms with E-state index >= 15 is 0 Å². The third-order valence-electron chi connectivity index (χ3n) is 4.16. The van der Waals surface area contributed by atoms with Crippen LogP contribution in [0.4, 0.5) is 5.95 Å². The summed E-state index contributed by atoms with van der Waals surface area (Å²) in [5.41, 5.74) is 1.13. The average Bonchev–Trinajstić information content (AvgIpc) is 3.12. The second-order valence-electron chi connectivity index (χ2n) is 6.27. The molecule has 3 heterocycles. The summed E-state index contributed by atoms with van der Waals surface area (Å²) < 4.78 is 5.42. The van der Waals surface area contributed by atoms with Gasteiger partial charge in [0.1, 0.15) is 0 Å². The Morgan fingerprint density at radius 1 is 1.38 bits per heavy atom. The molecule has 24 heavy (non-hydrogen) atoms. The van der Waals surface area contributed by atoms with Gasteiger partial charge in [-0.15, -0.1) is 0 Å². The standard InChI is InChI=1S/C16H21N5O3/c1-9-14(24-10(2)17-9)15(23)21-6-5-11(8-21)12-7-13(22)19-16(18-12)20(3)4/h7,11H,5-6,8H2,1-4H3,(H,18,19,22)/t11-/m1/s1. The number of anilines is 1. The van der Waals surface area contributed by atoms with E-state index < -0.39 is 0 Å². The lowest BCUT2D eigenvalue weighted by Crippen LogP contribution is -2.29. The maximum Gasteiger partial charge on any atom is 0.291 e. The van der Waals surface area contributed by atoms with Gasteiger partial charge in [0, 0.05) is 46.1 Å². The molecule has 0 unspecified atom stereocenters. The summed E-state index contributed by atoms with van der Waals surface area (Å²) >= 11 is 0. The third kappa shape index (κ3) is 3.04. The first-order valence-corrected chi connectivity index (χ1v) is 7.87. The predicted molar refractivity (Wildman–Crippen MR) is 88.4 cm³/mol. The van der Waals surface area contributed by atoms with E-state index in [0.29, 0.717) is 42.1 Å². The predicted octanol–water partition coefficient (Wildman–Crippen LogP) is 1.07. The number of carbonyl (C=O) groups excluding carboxylic acids is 1. The minimum atomic E-state index is -0.185. The zero-order valence-electron chi connectivity index (χ0n) is 14.3. The molecule has 0 aliphatic carbocycles. The van der Waals surface area contributed by atoms with Crippen LogP contribution in [0.1, 0.15) is 40.2 Å². The number of nitrogens with zero attached hydrogens (tertiary/aromatic N) is 4. The fraction of sp³-hybridized carbons (Fsp3) is 0.500. The molecule has 0 bridgehead atoms. The Kier molecular flexibility index (Phi) is 4.13. The Morgan fingerprint density at radius 2 is 2.12 bits per heavy atom. The van der Waals surface area contributed by atoms with Crippen molar-refractivity contribution in [2.24, 2.45) is 0 Å². The summed E-state index contributed by atoms with van der Waals surface area (Å²) in [6, 6.07) is 1.51. The Morgan fingerprint density at radius 3 is 2.75 bits per heavy atom. The maximum absolute atomic E-state index is 12.6. The highest BCUT2D eigenvalue weighted by Crippen LogP contribution is 2.27. The summed E-state index contributed by atoms with van der Waals surface area (Å²) in [7, 11) is 3.64. The molecule has 1 fully saturated rings. The highest BCUT2D eigenvalue weighted by molar-refractivity contribution is 5.92. The molecule has 1 atom stereocenters. The van der Waals surface area contributed by atoms with Gasteiger partial charge in [0.25, 0.3) is 11.5 Å². The lowest BCUT2D eigenvalue weighted by Gasteiger charge is -2.16. The SMILES string of the molecule is Cc1nc(C)c(C(=O)N2CC[C@@H](c3cc(=O)[nH]c(N(C)C)n3)C2)o1. The number of nitrogens with one attached hydrogen (secondary N) is 1. The Bertz CT molecular complexity index is 823. The molecule has 8 nitrogen and oxygen atoms in total. The van der Waals surface area contributed by atoms with Crippen molar-refractivity contribution in [2.75, 3.05) is 32.1 Å².